The van der Waals surface area contributed by atoms with E-state index in [0.717, 1.165) is 18.4 Å². The fraction of sp³-hybridized carbons (Fsp3) is 0.312. The van der Waals surface area contributed by atoms with E-state index in [-0.39, 0.29) is 5.91 Å². The normalized spacial score (nSPS) is 14.5. The number of hydrogen-bond acceptors (Lipinski definition) is 4. The van der Waals surface area contributed by atoms with E-state index in [4.69, 9.17) is 0 Å². The first-order chi connectivity index (χ1) is 10.8. The van der Waals surface area contributed by atoms with Crippen LogP contribution in [0.1, 0.15) is 40.9 Å². The third-order valence-corrected chi connectivity index (χ3v) is 4.80. The molecular weight excluding hydrogens is 296 g/mol. The van der Waals surface area contributed by atoms with Crippen LogP contribution < -0.4 is 5.32 Å². The molecule has 4 rings (SSSR count). The zero-order valence-electron chi connectivity index (χ0n) is 12.1. The molecule has 0 atom stereocenters. The molecule has 1 aliphatic carbocycles. The van der Waals surface area contributed by atoms with Crippen LogP contribution in [0.3, 0.4) is 0 Å². The Balaban J connectivity index is 1.70. The number of aromatic nitrogens is 3. The number of hydrogen-bond donors (Lipinski definition) is 2. The summed E-state index contributed by atoms with van der Waals surface area (Å²) < 4.78 is 0. The summed E-state index contributed by atoms with van der Waals surface area (Å²) in [6.45, 7) is 0. The van der Waals surface area contributed by atoms with Gasteiger partial charge in [-0.3, -0.25) is 10.1 Å². The van der Waals surface area contributed by atoms with Gasteiger partial charge in [-0.1, -0.05) is 17.8 Å². The number of H-pyrrole nitrogens is 1. The Kier molecular flexibility index (Phi) is 3.38. The Morgan fingerprint density at radius 2 is 2.14 bits per heavy atom. The van der Waals surface area contributed by atoms with E-state index in [0.29, 0.717) is 10.7 Å². The van der Waals surface area contributed by atoms with Crippen molar-refractivity contribution in [3.05, 3.63) is 40.5 Å². The van der Waals surface area contributed by atoms with E-state index in [1.54, 1.807) is 5.51 Å². The molecule has 0 fully saturated rings. The lowest BCUT2D eigenvalue weighted by Gasteiger charge is -2.03. The standard InChI is InChI=1S/C16H16N4OS/c21-15(19-16-20-17-9-22-16)10-6-7-14-12(8-10)11-4-2-1-3-5-13(11)18-14/h6-9,18H,1-5H2,(H,19,20,21). The molecule has 2 N–H and O–H groups in total. The Labute approximate surface area is 131 Å². The maximum atomic E-state index is 12.3. The average Bonchev–Trinajstić information content (AvgIpc) is 3.08. The molecule has 5 nitrogen and oxygen atoms in total. The van der Waals surface area contributed by atoms with Gasteiger partial charge >= 0.3 is 0 Å². The van der Waals surface area contributed by atoms with Gasteiger partial charge in [0.05, 0.1) is 0 Å². The van der Waals surface area contributed by atoms with Crippen LogP contribution in [0.4, 0.5) is 5.13 Å². The van der Waals surface area contributed by atoms with Gasteiger partial charge in [0.25, 0.3) is 5.91 Å². The molecule has 2 aromatic heterocycles. The first kappa shape index (κ1) is 13.5. The van der Waals surface area contributed by atoms with Crippen molar-refractivity contribution in [2.45, 2.75) is 32.1 Å². The highest BCUT2D eigenvalue weighted by atomic mass is 32.1. The topological polar surface area (TPSA) is 70.7 Å². The van der Waals surface area contributed by atoms with Crippen molar-refractivity contribution >= 4 is 33.3 Å². The van der Waals surface area contributed by atoms with Gasteiger partial charge in [0.2, 0.25) is 5.13 Å². The summed E-state index contributed by atoms with van der Waals surface area (Å²) in [7, 11) is 0. The summed E-state index contributed by atoms with van der Waals surface area (Å²) in [6, 6.07) is 5.85. The molecule has 1 amide bonds. The Morgan fingerprint density at radius 1 is 1.23 bits per heavy atom. The van der Waals surface area contributed by atoms with Gasteiger partial charge in [0.1, 0.15) is 5.51 Å². The molecule has 0 spiro atoms. The van der Waals surface area contributed by atoms with Crippen molar-refractivity contribution in [3.8, 4) is 0 Å². The van der Waals surface area contributed by atoms with Crippen LogP contribution in [0.5, 0.6) is 0 Å². The van der Waals surface area contributed by atoms with Gasteiger partial charge in [0, 0.05) is 22.2 Å². The molecule has 0 saturated heterocycles. The first-order valence-corrected chi connectivity index (χ1v) is 8.40. The molecule has 0 bridgehead atoms. The first-order valence-electron chi connectivity index (χ1n) is 7.52. The number of aryl methyl sites for hydroxylation is 2. The van der Waals surface area contributed by atoms with Crippen molar-refractivity contribution < 1.29 is 4.79 Å². The number of carbonyl (C=O) groups is 1. The van der Waals surface area contributed by atoms with E-state index in [1.807, 2.05) is 18.2 Å². The van der Waals surface area contributed by atoms with Crippen molar-refractivity contribution in [2.24, 2.45) is 0 Å². The van der Waals surface area contributed by atoms with E-state index in [1.165, 1.54) is 47.2 Å². The highest BCUT2D eigenvalue weighted by Gasteiger charge is 2.16. The third-order valence-electron chi connectivity index (χ3n) is 4.19. The quantitative estimate of drug-likeness (QED) is 0.711. The number of carbonyl (C=O) groups excluding carboxylic acids is 1. The summed E-state index contributed by atoms with van der Waals surface area (Å²) in [4.78, 5) is 15.8. The van der Waals surface area contributed by atoms with Crippen molar-refractivity contribution in [1.29, 1.82) is 0 Å². The number of rotatable bonds is 2. The van der Waals surface area contributed by atoms with Crippen LogP contribution in [0, 0.1) is 0 Å². The smallest absolute Gasteiger partial charge is 0.257 e. The molecule has 2 heterocycles. The lowest BCUT2D eigenvalue weighted by molar-refractivity contribution is 0.102. The zero-order valence-corrected chi connectivity index (χ0v) is 12.9. The maximum absolute atomic E-state index is 12.3. The van der Waals surface area contributed by atoms with E-state index >= 15 is 0 Å². The van der Waals surface area contributed by atoms with Gasteiger partial charge in [-0.25, -0.2) is 0 Å². The monoisotopic (exact) mass is 312 g/mol. The van der Waals surface area contributed by atoms with E-state index in [2.05, 4.69) is 20.5 Å². The molecular formula is C16H16N4OS. The van der Waals surface area contributed by atoms with Gasteiger partial charge in [-0.2, -0.15) is 0 Å². The van der Waals surface area contributed by atoms with Crippen molar-refractivity contribution in [3.63, 3.8) is 0 Å². The van der Waals surface area contributed by atoms with Gasteiger partial charge in [-0.05, 0) is 49.4 Å². The largest absolute Gasteiger partial charge is 0.358 e. The molecule has 1 aromatic carbocycles. The summed E-state index contributed by atoms with van der Waals surface area (Å²) in [5.74, 6) is -0.137. The summed E-state index contributed by atoms with van der Waals surface area (Å²) >= 11 is 1.32. The average molecular weight is 312 g/mol. The second-order valence-corrected chi connectivity index (χ2v) is 6.43. The van der Waals surface area contributed by atoms with E-state index < -0.39 is 0 Å². The van der Waals surface area contributed by atoms with Crippen LogP contribution in [0.2, 0.25) is 0 Å². The molecule has 3 aromatic rings. The zero-order chi connectivity index (χ0) is 14.9. The number of amides is 1. The van der Waals surface area contributed by atoms with Crippen LogP contribution >= 0.6 is 11.3 Å². The van der Waals surface area contributed by atoms with Crippen LogP contribution in [0.25, 0.3) is 10.9 Å². The minimum Gasteiger partial charge on any atom is -0.358 e. The number of nitrogens with zero attached hydrogens (tertiary/aromatic N) is 2. The number of aromatic amines is 1. The summed E-state index contributed by atoms with van der Waals surface area (Å²) in [6.07, 6.45) is 5.94. The van der Waals surface area contributed by atoms with E-state index in [9.17, 15) is 4.79 Å². The summed E-state index contributed by atoms with van der Waals surface area (Å²) in [5.41, 5.74) is 6.12. The van der Waals surface area contributed by atoms with Crippen LogP contribution in [-0.4, -0.2) is 21.1 Å². The number of benzene rings is 1. The molecule has 0 radical (unpaired) electrons. The second kappa shape index (κ2) is 5.53. The third kappa shape index (κ3) is 2.39. The number of anilines is 1. The van der Waals surface area contributed by atoms with Crippen molar-refractivity contribution in [2.75, 3.05) is 5.32 Å². The number of fused-ring (bicyclic) bond motifs is 3. The second-order valence-electron chi connectivity index (χ2n) is 5.60. The fourth-order valence-corrected chi connectivity index (χ4v) is 3.56. The predicted octanol–water partition coefficient (Wildman–Crippen LogP) is 3.54. The Bertz CT molecular complexity index is 822. The van der Waals surface area contributed by atoms with Gasteiger partial charge in [0.15, 0.2) is 0 Å². The van der Waals surface area contributed by atoms with Crippen LogP contribution in [0.15, 0.2) is 23.7 Å². The molecule has 6 heteroatoms. The summed E-state index contributed by atoms with van der Waals surface area (Å²) in [5, 5.41) is 12.1. The molecule has 1 aliphatic rings. The number of nitrogens with one attached hydrogen (secondary N) is 2. The highest BCUT2D eigenvalue weighted by Crippen LogP contribution is 2.29. The highest BCUT2D eigenvalue weighted by molar-refractivity contribution is 7.13. The minimum atomic E-state index is -0.137. The van der Waals surface area contributed by atoms with Gasteiger partial charge in [-0.15, -0.1) is 10.2 Å². The molecule has 112 valence electrons. The minimum absolute atomic E-state index is 0.137. The van der Waals surface area contributed by atoms with Crippen LogP contribution in [-0.2, 0) is 12.8 Å². The molecule has 0 saturated carbocycles. The fourth-order valence-electron chi connectivity index (χ4n) is 3.12. The van der Waals surface area contributed by atoms with Crippen molar-refractivity contribution in [1.82, 2.24) is 15.2 Å². The Hall–Kier alpha value is -2.21. The molecule has 0 aliphatic heterocycles. The lowest BCUT2D eigenvalue weighted by atomic mass is 10.0. The SMILES string of the molecule is O=C(Nc1nncs1)c1ccc2[nH]c3c(c2c1)CCCCC3. The maximum Gasteiger partial charge on any atom is 0.257 e. The lowest BCUT2D eigenvalue weighted by Crippen LogP contribution is -2.11. The molecule has 0 unspecified atom stereocenters. The van der Waals surface area contributed by atoms with Gasteiger partial charge < -0.3 is 4.98 Å². The molecule has 22 heavy (non-hydrogen) atoms. The predicted molar refractivity (Wildman–Crippen MR) is 87.4 cm³/mol. The Morgan fingerprint density at radius 3 is 3.00 bits per heavy atom.